The van der Waals surface area contributed by atoms with E-state index in [4.69, 9.17) is 19.6 Å². The number of carbonyl (C=O) groups excluding carboxylic acids is 2. The summed E-state index contributed by atoms with van der Waals surface area (Å²) in [6.45, 7) is 7.81. The van der Waals surface area contributed by atoms with Gasteiger partial charge in [0, 0.05) is 5.56 Å². The fourth-order valence-electron chi connectivity index (χ4n) is 3.33. The van der Waals surface area contributed by atoms with Crippen molar-refractivity contribution in [3.63, 3.8) is 0 Å². The van der Waals surface area contributed by atoms with Crippen LogP contribution in [0, 0.1) is 13.8 Å². The smallest absolute Gasteiger partial charge is 0.342 e. The van der Waals surface area contributed by atoms with Crippen LogP contribution >= 0.6 is 0 Å². The van der Waals surface area contributed by atoms with Gasteiger partial charge in [-0.05, 0) is 38.3 Å². The van der Waals surface area contributed by atoms with E-state index in [1.807, 2.05) is 13.8 Å². The lowest BCUT2D eigenvalue weighted by molar-refractivity contribution is 0.0493. The molecule has 0 atom stereocenters. The SMILES string of the molecule is CCCCOC(=O)c1c2nc3c(C(=O)OCCCC)ccc(C)c3oc-2c(C)c(=O)c1N. The molecule has 0 bridgehead atoms. The van der Waals surface area contributed by atoms with E-state index in [0.717, 1.165) is 24.8 Å². The second-order valence-electron chi connectivity index (χ2n) is 7.72. The molecule has 0 aromatic heterocycles. The average Bonchev–Trinajstić information content (AvgIpc) is 2.77. The predicted octanol–water partition coefficient (Wildman–Crippen LogP) is 4.41. The summed E-state index contributed by atoms with van der Waals surface area (Å²) in [5, 5.41) is 0. The van der Waals surface area contributed by atoms with Crippen LogP contribution in [0.2, 0.25) is 0 Å². The van der Waals surface area contributed by atoms with Crippen LogP contribution in [-0.2, 0) is 9.47 Å². The number of esters is 2. The zero-order valence-corrected chi connectivity index (χ0v) is 18.9. The highest BCUT2D eigenvalue weighted by molar-refractivity contribution is 6.05. The van der Waals surface area contributed by atoms with Crippen molar-refractivity contribution in [3.05, 3.63) is 44.6 Å². The number of unbranched alkanes of at least 4 members (excludes halogenated alkanes) is 2. The molecule has 2 N–H and O–H groups in total. The van der Waals surface area contributed by atoms with Crippen LogP contribution in [0.15, 0.2) is 21.3 Å². The number of anilines is 1. The van der Waals surface area contributed by atoms with Gasteiger partial charge >= 0.3 is 11.9 Å². The van der Waals surface area contributed by atoms with E-state index in [2.05, 4.69) is 4.98 Å². The second kappa shape index (κ2) is 9.80. The molecule has 0 fully saturated rings. The van der Waals surface area contributed by atoms with Crippen molar-refractivity contribution in [2.45, 2.75) is 53.4 Å². The maximum Gasteiger partial charge on any atom is 0.342 e. The van der Waals surface area contributed by atoms with Gasteiger partial charge in [0.1, 0.15) is 16.8 Å². The molecule has 1 aliphatic heterocycles. The van der Waals surface area contributed by atoms with Crippen LogP contribution in [0.25, 0.3) is 22.6 Å². The summed E-state index contributed by atoms with van der Waals surface area (Å²) in [5.41, 5.74) is 6.91. The Balaban J connectivity index is 2.26. The first-order valence-electron chi connectivity index (χ1n) is 10.8. The number of nitrogens with zero attached hydrogens (tertiary/aromatic N) is 1. The van der Waals surface area contributed by atoms with Gasteiger partial charge in [-0.2, -0.15) is 0 Å². The minimum absolute atomic E-state index is 0.0850. The van der Waals surface area contributed by atoms with Gasteiger partial charge in [0.25, 0.3) is 0 Å². The Morgan fingerprint density at radius 2 is 1.66 bits per heavy atom. The third kappa shape index (κ3) is 4.30. The summed E-state index contributed by atoms with van der Waals surface area (Å²) < 4.78 is 16.7. The molecule has 0 amide bonds. The normalized spacial score (nSPS) is 11.1. The highest BCUT2D eigenvalue weighted by atomic mass is 16.5. The van der Waals surface area contributed by atoms with Crippen molar-refractivity contribution in [3.8, 4) is 11.5 Å². The number of nitrogen functional groups attached to an aromatic ring is 1. The summed E-state index contributed by atoms with van der Waals surface area (Å²) in [4.78, 5) is 42.8. The van der Waals surface area contributed by atoms with Crippen molar-refractivity contribution >= 4 is 28.7 Å². The first kappa shape index (κ1) is 23.2. The van der Waals surface area contributed by atoms with Crippen molar-refractivity contribution in [1.29, 1.82) is 0 Å². The van der Waals surface area contributed by atoms with Crippen molar-refractivity contribution in [2.24, 2.45) is 0 Å². The van der Waals surface area contributed by atoms with Crippen LogP contribution in [0.4, 0.5) is 5.69 Å². The fraction of sp³-hybridized carbons (Fsp3) is 0.417. The number of ether oxygens (including phenoxy) is 2. The zero-order chi connectivity index (χ0) is 23.4. The summed E-state index contributed by atoms with van der Waals surface area (Å²) >= 11 is 0. The van der Waals surface area contributed by atoms with Crippen molar-refractivity contribution in [2.75, 3.05) is 18.9 Å². The molecule has 1 aliphatic carbocycles. The summed E-state index contributed by atoms with van der Waals surface area (Å²) in [5.74, 6) is -1.15. The lowest BCUT2D eigenvalue weighted by Gasteiger charge is -2.16. The molecule has 3 rings (SSSR count). The van der Waals surface area contributed by atoms with Gasteiger partial charge in [0.15, 0.2) is 11.3 Å². The van der Waals surface area contributed by atoms with E-state index in [0.29, 0.717) is 12.0 Å². The van der Waals surface area contributed by atoms with Crippen LogP contribution < -0.4 is 11.2 Å². The number of aryl methyl sites for hydroxylation is 1. The molecule has 1 heterocycles. The molecule has 0 saturated carbocycles. The van der Waals surface area contributed by atoms with E-state index >= 15 is 0 Å². The Hall–Kier alpha value is -3.42. The number of benzene rings is 2. The lowest BCUT2D eigenvalue weighted by atomic mass is 10.0. The zero-order valence-electron chi connectivity index (χ0n) is 18.9. The van der Waals surface area contributed by atoms with E-state index in [1.165, 1.54) is 0 Å². The minimum Gasteiger partial charge on any atom is -0.462 e. The maximum absolute atomic E-state index is 12.8. The Morgan fingerprint density at radius 3 is 2.28 bits per heavy atom. The van der Waals surface area contributed by atoms with Crippen molar-refractivity contribution < 1.29 is 23.5 Å². The largest absolute Gasteiger partial charge is 0.462 e. The summed E-state index contributed by atoms with van der Waals surface area (Å²) in [7, 11) is 0. The van der Waals surface area contributed by atoms with E-state index in [9.17, 15) is 14.4 Å². The molecular weight excluding hydrogens is 412 g/mol. The van der Waals surface area contributed by atoms with E-state index < -0.39 is 17.4 Å². The number of hydrogen-bond acceptors (Lipinski definition) is 8. The van der Waals surface area contributed by atoms with Gasteiger partial charge < -0.3 is 19.6 Å². The number of rotatable bonds is 8. The third-order valence-electron chi connectivity index (χ3n) is 5.29. The molecular formula is C24H28N2O6. The van der Waals surface area contributed by atoms with Crippen LogP contribution in [0.3, 0.4) is 0 Å². The molecule has 2 aliphatic rings. The van der Waals surface area contributed by atoms with Gasteiger partial charge in [0.05, 0.1) is 24.5 Å². The van der Waals surface area contributed by atoms with Gasteiger partial charge in [-0.15, -0.1) is 0 Å². The molecule has 8 nitrogen and oxygen atoms in total. The maximum atomic E-state index is 12.8. The van der Waals surface area contributed by atoms with E-state index in [1.54, 1.807) is 26.0 Å². The second-order valence-corrected chi connectivity index (χ2v) is 7.72. The topological polar surface area (TPSA) is 122 Å². The molecule has 0 saturated heterocycles. The van der Waals surface area contributed by atoms with Gasteiger partial charge in [-0.25, -0.2) is 14.6 Å². The fourth-order valence-corrected chi connectivity index (χ4v) is 3.33. The third-order valence-corrected chi connectivity index (χ3v) is 5.29. The quantitative estimate of drug-likeness (QED) is 0.237. The number of aromatic nitrogens is 1. The van der Waals surface area contributed by atoms with Crippen LogP contribution in [0.1, 0.15) is 71.4 Å². The lowest BCUT2D eigenvalue weighted by Crippen LogP contribution is -2.22. The molecule has 32 heavy (non-hydrogen) atoms. The first-order valence-corrected chi connectivity index (χ1v) is 10.8. The van der Waals surface area contributed by atoms with Gasteiger partial charge in [-0.3, -0.25) is 4.79 Å². The number of nitrogens with two attached hydrogens (primary N) is 1. The van der Waals surface area contributed by atoms with Crippen molar-refractivity contribution in [1.82, 2.24) is 4.98 Å². The number of hydrogen-bond donors (Lipinski definition) is 1. The Labute approximate surface area is 186 Å². The molecule has 8 heteroatoms. The molecule has 0 unspecified atom stereocenters. The monoisotopic (exact) mass is 440 g/mol. The Morgan fingerprint density at radius 1 is 1.03 bits per heavy atom. The average molecular weight is 440 g/mol. The van der Waals surface area contributed by atoms with Gasteiger partial charge in [-0.1, -0.05) is 32.8 Å². The van der Waals surface area contributed by atoms with E-state index in [-0.39, 0.29) is 52.6 Å². The molecule has 1 aromatic carbocycles. The molecule has 1 aromatic rings. The standard InChI is InChI=1S/C24H28N2O6/c1-5-7-11-30-23(28)15-10-9-13(3)21-18(15)26-19-16(24(29)31-12-8-6-2)17(25)20(27)14(4)22(19)32-21/h9-10H,5-8,11-12,25H2,1-4H3. The Kier molecular flexibility index (Phi) is 7.12. The van der Waals surface area contributed by atoms with Crippen LogP contribution in [-0.4, -0.2) is 30.1 Å². The highest BCUT2D eigenvalue weighted by Crippen LogP contribution is 2.34. The first-order chi connectivity index (χ1) is 15.3. The Bertz CT molecular complexity index is 1200. The number of carbonyl (C=O) groups is 2. The highest BCUT2D eigenvalue weighted by Gasteiger charge is 2.29. The molecule has 0 radical (unpaired) electrons. The minimum atomic E-state index is -0.750. The molecule has 0 spiro atoms. The number of fused-ring (bicyclic) bond motifs is 2. The summed E-state index contributed by atoms with van der Waals surface area (Å²) in [6.07, 6.45) is 3.14. The van der Waals surface area contributed by atoms with Gasteiger partial charge in [0.2, 0.25) is 5.43 Å². The summed E-state index contributed by atoms with van der Waals surface area (Å²) in [6, 6.07) is 3.33. The van der Waals surface area contributed by atoms with Crippen LogP contribution in [0.5, 0.6) is 0 Å². The molecule has 170 valence electrons. The predicted molar refractivity (Wildman–Crippen MR) is 121 cm³/mol.